The van der Waals surface area contributed by atoms with E-state index >= 15 is 0 Å². The van der Waals surface area contributed by atoms with Crippen LogP contribution in [0.5, 0.6) is 11.5 Å². The molecular weight excluding hydrogens is 256 g/mol. The number of nitrogens with two attached hydrogens (primary N) is 1. The van der Waals surface area contributed by atoms with Crippen molar-refractivity contribution in [2.75, 3.05) is 53.6 Å². The van der Waals surface area contributed by atoms with Gasteiger partial charge in [0, 0.05) is 20.2 Å². The Kier molecular flexibility index (Phi) is 8.78. The summed E-state index contributed by atoms with van der Waals surface area (Å²) in [6.07, 6.45) is 0.992. The molecular formula is C15H26N2O3. The van der Waals surface area contributed by atoms with Gasteiger partial charge in [-0.2, -0.15) is 0 Å². The zero-order valence-corrected chi connectivity index (χ0v) is 12.5. The van der Waals surface area contributed by atoms with Gasteiger partial charge in [0.1, 0.15) is 18.1 Å². The highest BCUT2D eigenvalue weighted by Gasteiger charge is 2.04. The van der Waals surface area contributed by atoms with Crippen molar-refractivity contribution in [1.82, 2.24) is 4.90 Å². The Labute approximate surface area is 121 Å². The van der Waals surface area contributed by atoms with Crippen LogP contribution in [0.3, 0.4) is 0 Å². The summed E-state index contributed by atoms with van der Waals surface area (Å²) in [4.78, 5) is 2.31. The number of benzene rings is 1. The summed E-state index contributed by atoms with van der Waals surface area (Å²) in [5.74, 6) is 1.69. The minimum absolute atomic E-state index is 0.653. The van der Waals surface area contributed by atoms with E-state index in [0.29, 0.717) is 13.2 Å². The Hall–Kier alpha value is -1.30. The highest BCUT2D eigenvalue weighted by atomic mass is 16.5. The smallest absolute Gasteiger partial charge is 0.119 e. The van der Waals surface area contributed by atoms with E-state index in [0.717, 1.165) is 44.2 Å². The first-order valence-electron chi connectivity index (χ1n) is 6.98. The van der Waals surface area contributed by atoms with Crippen LogP contribution < -0.4 is 15.2 Å². The van der Waals surface area contributed by atoms with Gasteiger partial charge in [-0.1, -0.05) is 0 Å². The van der Waals surface area contributed by atoms with Gasteiger partial charge in [-0.15, -0.1) is 0 Å². The van der Waals surface area contributed by atoms with Gasteiger partial charge in [0.15, 0.2) is 0 Å². The van der Waals surface area contributed by atoms with E-state index in [1.54, 1.807) is 14.2 Å². The van der Waals surface area contributed by atoms with Gasteiger partial charge in [0.25, 0.3) is 0 Å². The van der Waals surface area contributed by atoms with Gasteiger partial charge in [-0.25, -0.2) is 0 Å². The lowest BCUT2D eigenvalue weighted by atomic mass is 10.3. The Morgan fingerprint density at radius 1 is 0.950 bits per heavy atom. The zero-order valence-electron chi connectivity index (χ0n) is 12.5. The first-order valence-corrected chi connectivity index (χ1v) is 6.98. The van der Waals surface area contributed by atoms with E-state index in [9.17, 15) is 0 Å². The molecule has 5 heteroatoms. The van der Waals surface area contributed by atoms with Crippen LogP contribution in [0.2, 0.25) is 0 Å². The van der Waals surface area contributed by atoms with Gasteiger partial charge in [-0.05, 0) is 43.8 Å². The highest BCUT2D eigenvalue weighted by molar-refractivity contribution is 5.31. The van der Waals surface area contributed by atoms with Crippen molar-refractivity contribution >= 4 is 0 Å². The number of hydrogen-bond donors (Lipinski definition) is 1. The molecule has 1 aromatic rings. The number of ether oxygens (including phenoxy) is 3. The molecule has 0 aliphatic carbocycles. The third-order valence-corrected chi connectivity index (χ3v) is 3.03. The molecule has 2 N–H and O–H groups in total. The lowest BCUT2D eigenvalue weighted by molar-refractivity contribution is 0.134. The van der Waals surface area contributed by atoms with Crippen LogP contribution in [0.25, 0.3) is 0 Å². The topological polar surface area (TPSA) is 57.0 Å². The Bertz CT molecular complexity index is 335. The molecule has 0 saturated carbocycles. The van der Waals surface area contributed by atoms with Gasteiger partial charge < -0.3 is 19.9 Å². The van der Waals surface area contributed by atoms with Crippen molar-refractivity contribution in [3.63, 3.8) is 0 Å². The van der Waals surface area contributed by atoms with Gasteiger partial charge in [-0.3, -0.25) is 4.90 Å². The maximum atomic E-state index is 5.73. The van der Waals surface area contributed by atoms with Crippen molar-refractivity contribution in [2.45, 2.75) is 6.42 Å². The normalized spacial score (nSPS) is 10.8. The molecule has 0 amide bonds. The maximum absolute atomic E-state index is 5.73. The second kappa shape index (κ2) is 10.5. The molecule has 0 aliphatic rings. The van der Waals surface area contributed by atoms with E-state index in [1.807, 2.05) is 24.3 Å². The third kappa shape index (κ3) is 6.75. The number of methoxy groups -OCH3 is 2. The number of nitrogens with zero attached hydrogens (tertiary/aromatic N) is 1. The number of hydrogen-bond acceptors (Lipinski definition) is 5. The molecule has 0 bridgehead atoms. The zero-order chi connectivity index (χ0) is 14.6. The Morgan fingerprint density at radius 3 is 2.20 bits per heavy atom. The standard InChI is InChI=1S/C15H26N2O3/c1-18-12-10-17(9-3-8-16)11-13-20-15-6-4-14(19-2)5-7-15/h4-7H,3,8-13,16H2,1-2H3. The monoisotopic (exact) mass is 282 g/mol. The molecule has 1 aromatic carbocycles. The predicted molar refractivity (Wildman–Crippen MR) is 80.5 cm³/mol. The van der Waals surface area contributed by atoms with E-state index < -0.39 is 0 Å². The predicted octanol–water partition coefficient (Wildman–Crippen LogP) is 1.37. The van der Waals surface area contributed by atoms with Crippen LogP contribution in [0.15, 0.2) is 24.3 Å². The van der Waals surface area contributed by atoms with E-state index in [1.165, 1.54) is 0 Å². The fourth-order valence-corrected chi connectivity index (χ4v) is 1.84. The van der Waals surface area contributed by atoms with Crippen molar-refractivity contribution in [1.29, 1.82) is 0 Å². The molecule has 0 aromatic heterocycles. The van der Waals surface area contributed by atoms with Gasteiger partial charge >= 0.3 is 0 Å². The van der Waals surface area contributed by atoms with Crippen LogP contribution in [-0.4, -0.2) is 58.5 Å². The minimum atomic E-state index is 0.653. The molecule has 0 spiro atoms. The van der Waals surface area contributed by atoms with Crippen LogP contribution >= 0.6 is 0 Å². The first kappa shape index (κ1) is 16.8. The Morgan fingerprint density at radius 2 is 1.60 bits per heavy atom. The highest BCUT2D eigenvalue weighted by Crippen LogP contribution is 2.16. The van der Waals surface area contributed by atoms with Crippen LogP contribution in [0, 0.1) is 0 Å². The summed E-state index contributed by atoms with van der Waals surface area (Å²) < 4.78 is 16.0. The third-order valence-electron chi connectivity index (χ3n) is 3.03. The fourth-order valence-electron chi connectivity index (χ4n) is 1.84. The molecule has 0 radical (unpaired) electrons. The SMILES string of the molecule is COCCN(CCCN)CCOc1ccc(OC)cc1. The van der Waals surface area contributed by atoms with Crippen molar-refractivity contribution in [3.05, 3.63) is 24.3 Å². The lowest BCUT2D eigenvalue weighted by Gasteiger charge is -2.21. The van der Waals surface area contributed by atoms with E-state index in [4.69, 9.17) is 19.9 Å². The number of rotatable bonds is 11. The molecule has 0 heterocycles. The largest absolute Gasteiger partial charge is 0.497 e. The average molecular weight is 282 g/mol. The van der Waals surface area contributed by atoms with Crippen LogP contribution in [0.4, 0.5) is 0 Å². The first-order chi connectivity index (χ1) is 9.80. The molecule has 0 unspecified atom stereocenters. The summed E-state index contributed by atoms with van der Waals surface area (Å²) >= 11 is 0. The molecule has 0 saturated heterocycles. The minimum Gasteiger partial charge on any atom is -0.497 e. The average Bonchev–Trinajstić information content (AvgIpc) is 2.50. The van der Waals surface area contributed by atoms with Gasteiger partial charge in [0.2, 0.25) is 0 Å². The molecule has 0 fully saturated rings. The maximum Gasteiger partial charge on any atom is 0.119 e. The fraction of sp³-hybridized carbons (Fsp3) is 0.600. The summed E-state index contributed by atoms with van der Waals surface area (Å²) in [7, 11) is 3.37. The van der Waals surface area contributed by atoms with Crippen molar-refractivity contribution < 1.29 is 14.2 Å². The van der Waals surface area contributed by atoms with Crippen LogP contribution in [0.1, 0.15) is 6.42 Å². The van der Waals surface area contributed by atoms with Crippen molar-refractivity contribution in [2.24, 2.45) is 5.73 Å². The van der Waals surface area contributed by atoms with Crippen molar-refractivity contribution in [3.8, 4) is 11.5 Å². The molecule has 0 aliphatic heterocycles. The van der Waals surface area contributed by atoms with Gasteiger partial charge in [0.05, 0.1) is 13.7 Å². The summed E-state index contributed by atoms with van der Waals surface area (Å²) in [6.45, 7) is 4.85. The molecule has 114 valence electrons. The van der Waals surface area contributed by atoms with E-state index in [2.05, 4.69) is 4.90 Å². The summed E-state index contributed by atoms with van der Waals surface area (Å²) in [5, 5.41) is 0. The second-order valence-corrected chi connectivity index (χ2v) is 4.50. The Balaban J connectivity index is 2.30. The van der Waals surface area contributed by atoms with E-state index in [-0.39, 0.29) is 0 Å². The summed E-state index contributed by atoms with van der Waals surface area (Å²) in [5.41, 5.74) is 5.55. The molecule has 5 nitrogen and oxygen atoms in total. The summed E-state index contributed by atoms with van der Waals surface area (Å²) in [6, 6.07) is 7.62. The molecule has 20 heavy (non-hydrogen) atoms. The molecule has 1 rings (SSSR count). The van der Waals surface area contributed by atoms with Crippen LogP contribution in [-0.2, 0) is 4.74 Å². The second-order valence-electron chi connectivity index (χ2n) is 4.50. The lowest BCUT2D eigenvalue weighted by Crippen LogP contribution is -2.33. The quantitative estimate of drug-likeness (QED) is 0.664. The molecule has 0 atom stereocenters.